The van der Waals surface area contributed by atoms with E-state index in [0.717, 1.165) is 4.47 Å². The van der Waals surface area contributed by atoms with Gasteiger partial charge in [-0.3, -0.25) is 4.79 Å². The number of anilines is 1. The minimum absolute atomic E-state index is 0.243. The van der Waals surface area contributed by atoms with Crippen LogP contribution in [0.4, 0.5) is 5.69 Å². The van der Waals surface area contributed by atoms with Crippen LogP contribution in [-0.4, -0.2) is 23.7 Å². The average Bonchev–Trinajstić information content (AvgIpc) is 2.25. The van der Waals surface area contributed by atoms with Gasteiger partial charge >= 0.3 is 0 Å². The summed E-state index contributed by atoms with van der Waals surface area (Å²) in [4.78, 5) is 11.8. The lowest BCUT2D eigenvalue weighted by molar-refractivity contribution is 0.0901. The van der Waals surface area contributed by atoms with Crippen LogP contribution in [0.25, 0.3) is 0 Å². The lowest BCUT2D eigenvalue weighted by Crippen LogP contribution is -2.33. The second-order valence-electron chi connectivity index (χ2n) is 4.72. The molecule has 0 aromatic heterocycles. The maximum absolute atomic E-state index is 11.8. The zero-order valence-corrected chi connectivity index (χ0v) is 12.2. The van der Waals surface area contributed by atoms with Crippen molar-refractivity contribution < 1.29 is 9.90 Å². The Bertz CT molecular complexity index is 421. The van der Waals surface area contributed by atoms with Gasteiger partial charge in [-0.2, -0.15) is 0 Å². The number of carbonyl (C=O) groups excluding carboxylic acids is 1. The lowest BCUT2D eigenvalue weighted by Gasteiger charge is -2.14. The van der Waals surface area contributed by atoms with Crippen molar-refractivity contribution in [2.45, 2.75) is 26.4 Å². The Morgan fingerprint density at radius 3 is 2.72 bits per heavy atom. The summed E-state index contributed by atoms with van der Waals surface area (Å²) in [5, 5.41) is 12.4. The van der Waals surface area contributed by atoms with Gasteiger partial charge in [0, 0.05) is 16.7 Å². The third-order valence-corrected chi connectivity index (χ3v) is 2.99. The van der Waals surface area contributed by atoms with Crippen molar-refractivity contribution in [3.05, 3.63) is 28.2 Å². The Morgan fingerprint density at radius 1 is 1.50 bits per heavy atom. The van der Waals surface area contributed by atoms with Crippen molar-refractivity contribution in [3.63, 3.8) is 0 Å². The zero-order chi connectivity index (χ0) is 13.7. The van der Waals surface area contributed by atoms with Gasteiger partial charge < -0.3 is 16.2 Å². The minimum atomic E-state index is -0.523. The van der Waals surface area contributed by atoms with E-state index in [-0.39, 0.29) is 12.5 Å². The first-order valence-electron chi connectivity index (χ1n) is 5.91. The van der Waals surface area contributed by atoms with E-state index in [4.69, 9.17) is 5.73 Å². The van der Waals surface area contributed by atoms with Crippen LogP contribution in [0, 0.1) is 5.92 Å². The van der Waals surface area contributed by atoms with Gasteiger partial charge in [-0.1, -0.05) is 29.8 Å². The van der Waals surface area contributed by atoms with Crippen LogP contribution >= 0.6 is 15.9 Å². The van der Waals surface area contributed by atoms with E-state index in [2.05, 4.69) is 21.2 Å². The van der Waals surface area contributed by atoms with Gasteiger partial charge in [0.1, 0.15) is 0 Å². The van der Waals surface area contributed by atoms with Crippen molar-refractivity contribution in [3.8, 4) is 0 Å². The number of amides is 1. The number of rotatable bonds is 5. The SMILES string of the molecule is CC(C)CC(O)CNC(=O)c1ccc(Br)cc1N. The average molecular weight is 315 g/mol. The molecule has 4 N–H and O–H groups in total. The van der Waals surface area contributed by atoms with Crippen molar-refractivity contribution in [2.24, 2.45) is 5.92 Å². The molecule has 1 unspecified atom stereocenters. The van der Waals surface area contributed by atoms with E-state index in [0.29, 0.717) is 23.6 Å². The highest BCUT2D eigenvalue weighted by Crippen LogP contribution is 2.18. The fourth-order valence-corrected chi connectivity index (χ4v) is 2.05. The zero-order valence-electron chi connectivity index (χ0n) is 10.6. The Labute approximate surface area is 116 Å². The first-order chi connectivity index (χ1) is 8.40. The van der Waals surface area contributed by atoms with Crippen molar-refractivity contribution >= 4 is 27.5 Å². The van der Waals surface area contributed by atoms with Gasteiger partial charge in [-0.05, 0) is 30.5 Å². The predicted molar refractivity (Wildman–Crippen MR) is 76.3 cm³/mol. The van der Waals surface area contributed by atoms with Crippen LogP contribution in [0.5, 0.6) is 0 Å². The molecule has 0 aliphatic rings. The number of hydrogen-bond donors (Lipinski definition) is 3. The molecule has 18 heavy (non-hydrogen) atoms. The molecule has 0 aliphatic heterocycles. The van der Waals surface area contributed by atoms with Crippen LogP contribution in [-0.2, 0) is 0 Å². The number of nitrogens with two attached hydrogens (primary N) is 1. The van der Waals surface area contributed by atoms with Gasteiger partial charge in [0.2, 0.25) is 0 Å². The van der Waals surface area contributed by atoms with Crippen molar-refractivity contribution in [1.82, 2.24) is 5.32 Å². The molecule has 4 nitrogen and oxygen atoms in total. The fraction of sp³-hybridized carbons (Fsp3) is 0.462. The molecule has 1 aromatic carbocycles. The summed E-state index contributed by atoms with van der Waals surface area (Å²) in [7, 11) is 0. The van der Waals surface area contributed by atoms with Crippen LogP contribution < -0.4 is 11.1 Å². The smallest absolute Gasteiger partial charge is 0.253 e. The van der Waals surface area contributed by atoms with Crippen LogP contribution in [0.2, 0.25) is 0 Å². The monoisotopic (exact) mass is 314 g/mol. The first-order valence-corrected chi connectivity index (χ1v) is 6.70. The highest BCUT2D eigenvalue weighted by Gasteiger charge is 2.12. The van der Waals surface area contributed by atoms with Gasteiger partial charge in [-0.25, -0.2) is 0 Å². The Kier molecular flexibility index (Phi) is 5.62. The van der Waals surface area contributed by atoms with Crippen LogP contribution in [0.15, 0.2) is 22.7 Å². The largest absolute Gasteiger partial charge is 0.398 e. The number of hydrogen-bond acceptors (Lipinski definition) is 3. The fourth-order valence-electron chi connectivity index (χ4n) is 1.67. The molecular weight excluding hydrogens is 296 g/mol. The van der Waals surface area contributed by atoms with Crippen LogP contribution in [0.1, 0.15) is 30.6 Å². The lowest BCUT2D eigenvalue weighted by atomic mass is 10.1. The van der Waals surface area contributed by atoms with Gasteiger partial charge in [0.25, 0.3) is 5.91 Å². The third-order valence-electron chi connectivity index (χ3n) is 2.50. The quantitative estimate of drug-likeness (QED) is 0.729. The number of aliphatic hydroxyl groups excluding tert-OH is 1. The molecule has 0 fully saturated rings. The molecule has 1 atom stereocenters. The van der Waals surface area contributed by atoms with E-state index in [9.17, 15) is 9.90 Å². The second-order valence-corrected chi connectivity index (χ2v) is 5.64. The molecule has 5 heteroatoms. The van der Waals surface area contributed by atoms with E-state index in [1.807, 2.05) is 13.8 Å². The molecule has 1 aromatic rings. The van der Waals surface area contributed by atoms with E-state index < -0.39 is 6.10 Å². The molecule has 1 rings (SSSR count). The highest BCUT2D eigenvalue weighted by atomic mass is 79.9. The summed E-state index contributed by atoms with van der Waals surface area (Å²) in [5.74, 6) is 0.137. The maximum atomic E-state index is 11.8. The number of benzene rings is 1. The molecule has 0 saturated carbocycles. The Balaban J connectivity index is 2.55. The van der Waals surface area contributed by atoms with Crippen molar-refractivity contribution in [1.29, 1.82) is 0 Å². The van der Waals surface area contributed by atoms with E-state index in [1.165, 1.54) is 0 Å². The van der Waals surface area contributed by atoms with Crippen LogP contribution in [0.3, 0.4) is 0 Å². The topological polar surface area (TPSA) is 75.3 Å². The number of halogens is 1. The molecule has 0 aliphatic carbocycles. The third kappa shape index (κ3) is 4.66. The number of carbonyl (C=O) groups is 1. The van der Waals surface area contributed by atoms with E-state index in [1.54, 1.807) is 18.2 Å². The highest BCUT2D eigenvalue weighted by molar-refractivity contribution is 9.10. The molecule has 100 valence electrons. The first kappa shape index (κ1) is 15.0. The molecule has 0 heterocycles. The predicted octanol–water partition coefficient (Wildman–Crippen LogP) is 2.17. The number of aliphatic hydroxyl groups is 1. The minimum Gasteiger partial charge on any atom is -0.398 e. The number of nitrogens with one attached hydrogen (secondary N) is 1. The Hall–Kier alpha value is -1.07. The van der Waals surface area contributed by atoms with Gasteiger partial charge in [-0.15, -0.1) is 0 Å². The summed E-state index contributed by atoms with van der Waals surface area (Å²) >= 11 is 3.28. The molecule has 0 radical (unpaired) electrons. The van der Waals surface area contributed by atoms with Crippen molar-refractivity contribution in [2.75, 3.05) is 12.3 Å². The molecular formula is C13H19BrN2O2. The standard InChI is InChI=1S/C13H19BrN2O2/c1-8(2)5-10(17)7-16-13(18)11-4-3-9(14)6-12(11)15/h3-4,6,8,10,17H,5,7,15H2,1-2H3,(H,16,18). The van der Waals surface area contributed by atoms with Gasteiger partial charge in [0.15, 0.2) is 0 Å². The summed E-state index contributed by atoms with van der Waals surface area (Å²) < 4.78 is 0.830. The number of nitrogen functional groups attached to an aromatic ring is 1. The van der Waals surface area contributed by atoms with Gasteiger partial charge in [0.05, 0.1) is 11.7 Å². The maximum Gasteiger partial charge on any atom is 0.253 e. The normalized spacial score (nSPS) is 12.5. The molecule has 1 amide bonds. The molecule has 0 bridgehead atoms. The Morgan fingerprint density at radius 2 is 2.17 bits per heavy atom. The van der Waals surface area contributed by atoms with E-state index >= 15 is 0 Å². The molecule has 0 spiro atoms. The summed E-state index contributed by atoms with van der Waals surface area (Å²) in [5.41, 5.74) is 6.60. The summed E-state index contributed by atoms with van der Waals surface area (Å²) in [6.07, 6.45) is 0.140. The second kappa shape index (κ2) is 6.75. The molecule has 0 saturated heterocycles. The summed E-state index contributed by atoms with van der Waals surface area (Å²) in [6.45, 7) is 4.29. The summed E-state index contributed by atoms with van der Waals surface area (Å²) in [6, 6.07) is 5.10.